The predicted octanol–water partition coefficient (Wildman–Crippen LogP) is 4.41. The molecule has 33 heavy (non-hydrogen) atoms. The molecular weight excluding hydrogens is 447 g/mol. The second kappa shape index (κ2) is 8.64. The van der Waals surface area contributed by atoms with Crippen molar-refractivity contribution in [2.24, 2.45) is 5.73 Å². The summed E-state index contributed by atoms with van der Waals surface area (Å²) in [5.74, 6) is -3.17. The Morgan fingerprint density at radius 1 is 1.03 bits per heavy atom. The van der Waals surface area contributed by atoms with E-state index >= 15 is 0 Å². The Morgan fingerprint density at radius 3 is 2.24 bits per heavy atom. The third-order valence-corrected chi connectivity index (χ3v) is 4.98. The van der Waals surface area contributed by atoms with Gasteiger partial charge >= 0.3 is 6.18 Å². The molecule has 0 saturated carbocycles. The first-order valence-corrected chi connectivity index (χ1v) is 9.60. The molecule has 2 amide bonds. The zero-order valence-corrected chi connectivity index (χ0v) is 17.5. The molecule has 3 N–H and O–H groups in total. The second-order valence-corrected chi connectivity index (χ2v) is 7.83. The highest BCUT2D eigenvalue weighted by Crippen LogP contribution is 2.31. The minimum atomic E-state index is -4.61. The fourth-order valence-electron chi connectivity index (χ4n) is 3.17. The van der Waals surface area contributed by atoms with Crippen molar-refractivity contribution in [2.45, 2.75) is 32.0 Å². The summed E-state index contributed by atoms with van der Waals surface area (Å²) in [4.78, 5) is 24.4. The van der Waals surface area contributed by atoms with E-state index in [0.717, 1.165) is 24.3 Å². The molecule has 0 aliphatic carbocycles. The molecule has 11 heteroatoms. The summed E-state index contributed by atoms with van der Waals surface area (Å²) < 4.78 is 67.4. The Labute approximate surface area is 185 Å². The van der Waals surface area contributed by atoms with E-state index in [-0.39, 0.29) is 28.2 Å². The van der Waals surface area contributed by atoms with Gasteiger partial charge in [-0.2, -0.15) is 18.3 Å². The van der Waals surface area contributed by atoms with Crippen molar-refractivity contribution in [3.63, 3.8) is 0 Å². The molecule has 1 heterocycles. The number of rotatable bonds is 6. The van der Waals surface area contributed by atoms with Gasteiger partial charge in [0.25, 0.3) is 0 Å². The number of nitrogens with zero attached hydrogens (tertiary/aromatic N) is 2. The van der Waals surface area contributed by atoms with Crippen LogP contribution in [0.2, 0.25) is 0 Å². The van der Waals surface area contributed by atoms with Crippen LogP contribution in [-0.2, 0) is 16.8 Å². The Bertz CT molecular complexity index is 1200. The lowest BCUT2D eigenvalue weighted by Crippen LogP contribution is -2.36. The van der Waals surface area contributed by atoms with Crippen LogP contribution < -0.4 is 11.1 Å². The summed E-state index contributed by atoms with van der Waals surface area (Å²) in [7, 11) is 0. The number of amides is 2. The maximum absolute atomic E-state index is 14.4. The van der Waals surface area contributed by atoms with Crippen molar-refractivity contribution in [1.29, 1.82) is 0 Å². The number of alkyl halides is 3. The smallest absolute Gasteiger partial charge is 0.366 e. The van der Waals surface area contributed by atoms with Crippen LogP contribution in [-0.4, -0.2) is 27.8 Å². The van der Waals surface area contributed by atoms with E-state index in [1.54, 1.807) is 0 Å². The zero-order chi connectivity index (χ0) is 24.6. The van der Waals surface area contributed by atoms with Crippen molar-refractivity contribution in [2.75, 3.05) is 5.32 Å². The van der Waals surface area contributed by atoms with E-state index in [0.29, 0.717) is 4.68 Å². The molecular formula is C22H19F5N4O2. The van der Waals surface area contributed by atoms with Crippen molar-refractivity contribution < 1.29 is 31.5 Å². The average molecular weight is 466 g/mol. The molecule has 3 rings (SSSR count). The van der Waals surface area contributed by atoms with Gasteiger partial charge < -0.3 is 11.1 Å². The van der Waals surface area contributed by atoms with E-state index in [4.69, 9.17) is 5.73 Å². The molecule has 0 saturated heterocycles. The van der Waals surface area contributed by atoms with Crippen LogP contribution in [0.1, 0.15) is 29.8 Å². The van der Waals surface area contributed by atoms with Gasteiger partial charge in [-0.3, -0.25) is 14.3 Å². The highest BCUT2D eigenvalue weighted by molar-refractivity contribution is 5.99. The van der Waals surface area contributed by atoms with Crippen molar-refractivity contribution >= 4 is 17.6 Å². The van der Waals surface area contributed by atoms with Gasteiger partial charge in [-0.05, 0) is 56.3 Å². The highest BCUT2D eigenvalue weighted by Gasteiger charge is 2.35. The average Bonchev–Trinajstić information content (AvgIpc) is 3.08. The molecule has 6 nitrogen and oxygen atoms in total. The van der Waals surface area contributed by atoms with E-state index in [9.17, 15) is 31.5 Å². The number of halogens is 5. The molecule has 174 valence electrons. The van der Waals surface area contributed by atoms with Crippen LogP contribution in [0, 0.1) is 11.6 Å². The van der Waals surface area contributed by atoms with Crippen LogP contribution in [0.15, 0.2) is 48.5 Å². The van der Waals surface area contributed by atoms with Crippen LogP contribution in [0.3, 0.4) is 0 Å². The predicted molar refractivity (Wildman–Crippen MR) is 110 cm³/mol. The topological polar surface area (TPSA) is 90.0 Å². The third-order valence-electron chi connectivity index (χ3n) is 4.98. The number of anilines is 1. The summed E-state index contributed by atoms with van der Waals surface area (Å²) in [5, 5.41) is 6.20. The zero-order valence-electron chi connectivity index (χ0n) is 17.5. The fourth-order valence-corrected chi connectivity index (χ4v) is 3.17. The van der Waals surface area contributed by atoms with E-state index in [1.807, 2.05) is 0 Å². The molecule has 0 unspecified atom stereocenters. The Kier molecular flexibility index (Phi) is 6.26. The van der Waals surface area contributed by atoms with Crippen molar-refractivity contribution in [1.82, 2.24) is 9.78 Å². The Morgan fingerprint density at radius 2 is 1.67 bits per heavy atom. The van der Waals surface area contributed by atoms with E-state index in [1.165, 1.54) is 38.1 Å². The number of carbonyl (C=O) groups excluding carboxylic acids is 2. The number of benzene rings is 2. The molecule has 0 radical (unpaired) electrons. The molecule has 0 aliphatic heterocycles. The van der Waals surface area contributed by atoms with Gasteiger partial charge in [0.2, 0.25) is 11.8 Å². The minimum Gasteiger partial charge on any atom is -0.366 e. The molecule has 0 bridgehead atoms. The van der Waals surface area contributed by atoms with Gasteiger partial charge in [0.1, 0.15) is 18.2 Å². The molecule has 0 spiro atoms. The monoisotopic (exact) mass is 466 g/mol. The largest absolute Gasteiger partial charge is 0.408 e. The summed E-state index contributed by atoms with van der Waals surface area (Å²) in [6, 6.07) is 9.22. The third kappa shape index (κ3) is 5.36. The maximum Gasteiger partial charge on any atom is 0.408 e. The number of carbonyl (C=O) groups is 2. The first-order chi connectivity index (χ1) is 15.3. The lowest BCUT2D eigenvalue weighted by atomic mass is 9.82. The molecule has 0 atom stereocenters. The fraction of sp³-hybridized carbons (Fsp3) is 0.227. The summed E-state index contributed by atoms with van der Waals surface area (Å²) >= 11 is 0. The van der Waals surface area contributed by atoms with E-state index in [2.05, 4.69) is 10.4 Å². The number of aromatic nitrogens is 2. The first kappa shape index (κ1) is 23.9. The number of nitrogens with one attached hydrogen (secondary N) is 1. The van der Waals surface area contributed by atoms with Gasteiger partial charge in [0, 0.05) is 22.8 Å². The molecule has 2 aromatic carbocycles. The van der Waals surface area contributed by atoms with Crippen molar-refractivity contribution in [3.05, 3.63) is 71.3 Å². The molecule has 1 aromatic heterocycles. The quantitative estimate of drug-likeness (QED) is 0.528. The van der Waals surface area contributed by atoms with Crippen LogP contribution in [0.4, 0.5) is 27.8 Å². The Hall–Kier alpha value is -3.76. The van der Waals surface area contributed by atoms with Gasteiger partial charge in [-0.1, -0.05) is 0 Å². The van der Waals surface area contributed by atoms with Crippen LogP contribution in [0.25, 0.3) is 11.3 Å². The molecule has 3 aromatic rings. The minimum absolute atomic E-state index is 0.0117. The van der Waals surface area contributed by atoms with Gasteiger partial charge in [-0.25, -0.2) is 8.78 Å². The van der Waals surface area contributed by atoms with Gasteiger partial charge in [0.15, 0.2) is 5.82 Å². The van der Waals surface area contributed by atoms with E-state index < -0.39 is 41.6 Å². The Balaban J connectivity index is 1.96. The number of hydrogen-bond donors (Lipinski definition) is 2. The SMILES string of the molecule is CC(C)(C(=O)Nc1cc(-c2ccc(F)cc2)n(CC(F)(F)F)n1)c1cc(C(N)=O)ccc1F. The number of nitrogens with two attached hydrogens (primary N) is 1. The normalized spacial score (nSPS) is 12.0. The second-order valence-electron chi connectivity index (χ2n) is 7.83. The van der Waals surface area contributed by atoms with Crippen LogP contribution >= 0.6 is 0 Å². The maximum atomic E-state index is 14.4. The first-order valence-electron chi connectivity index (χ1n) is 9.60. The summed E-state index contributed by atoms with van der Waals surface area (Å²) in [5.41, 5.74) is 3.76. The van der Waals surface area contributed by atoms with Gasteiger partial charge in [0.05, 0.1) is 11.1 Å². The van der Waals surface area contributed by atoms with Gasteiger partial charge in [-0.15, -0.1) is 0 Å². The molecule has 0 aliphatic rings. The highest BCUT2D eigenvalue weighted by atomic mass is 19.4. The standard InChI is InChI=1S/C22H19F5N4O2/c1-21(2,15-9-13(19(28)32)5-8-16(15)24)20(33)29-18-10-17(12-3-6-14(23)7-4-12)31(30-18)11-22(25,26)27/h3-10H,11H2,1-2H3,(H2,28,32)(H,29,30,33). The van der Waals surface area contributed by atoms with Crippen molar-refractivity contribution in [3.8, 4) is 11.3 Å². The lowest BCUT2D eigenvalue weighted by Gasteiger charge is -2.24. The lowest BCUT2D eigenvalue weighted by molar-refractivity contribution is -0.142. The summed E-state index contributed by atoms with van der Waals surface area (Å²) in [6.07, 6.45) is -4.61. The molecule has 0 fully saturated rings. The van der Waals surface area contributed by atoms with Crippen LogP contribution in [0.5, 0.6) is 0 Å². The summed E-state index contributed by atoms with van der Waals surface area (Å²) in [6.45, 7) is 1.30. The number of primary amides is 1. The number of hydrogen-bond acceptors (Lipinski definition) is 3.